The van der Waals surface area contributed by atoms with E-state index in [2.05, 4.69) is 34.2 Å². The molecule has 4 nitrogen and oxygen atoms in total. The maximum Gasteiger partial charge on any atom is 0.127 e. The molecule has 0 amide bonds. The Hall–Kier alpha value is -2.46. The van der Waals surface area contributed by atoms with Gasteiger partial charge in [0.25, 0.3) is 0 Å². The molecule has 0 spiro atoms. The van der Waals surface area contributed by atoms with Gasteiger partial charge in [-0.25, -0.2) is 0 Å². The van der Waals surface area contributed by atoms with Crippen molar-refractivity contribution in [2.24, 2.45) is 15.7 Å². The molecule has 22 heavy (non-hydrogen) atoms. The normalized spacial score (nSPS) is 23.3. The monoisotopic (exact) mass is 290 g/mol. The standard InChI is InChI=1S/C18H18N4/c1-18(19)12-21-16-11-20-17(13-7-3-2-4-8-13)14-9-5-6-10-15(14)22(16)18/h2-10H,11-12,19H2,1H3. The zero-order valence-electron chi connectivity index (χ0n) is 12.5. The number of aliphatic imine (C=N–C) groups is 2. The summed E-state index contributed by atoms with van der Waals surface area (Å²) in [5.74, 6) is 0.948. The third-order valence-electron chi connectivity index (χ3n) is 4.18. The second kappa shape index (κ2) is 4.78. The minimum Gasteiger partial charge on any atom is -0.308 e. The van der Waals surface area contributed by atoms with E-state index in [1.807, 2.05) is 37.3 Å². The SMILES string of the molecule is CC1(N)CN=C2CN=C(c3ccccc3)c3ccccc3N21. The maximum atomic E-state index is 6.46. The van der Waals surface area contributed by atoms with Crippen LogP contribution in [0.1, 0.15) is 18.1 Å². The van der Waals surface area contributed by atoms with Crippen molar-refractivity contribution < 1.29 is 0 Å². The molecule has 2 heterocycles. The van der Waals surface area contributed by atoms with Gasteiger partial charge in [0.1, 0.15) is 11.5 Å². The van der Waals surface area contributed by atoms with Crippen LogP contribution in [0.5, 0.6) is 0 Å². The third kappa shape index (κ3) is 1.96. The first-order chi connectivity index (χ1) is 10.7. The fourth-order valence-electron chi connectivity index (χ4n) is 3.17. The Morgan fingerprint density at radius 2 is 1.73 bits per heavy atom. The molecule has 4 heteroatoms. The number of para-hydroxylation sites is 1. The van der Waals surface area contributed by atoms with E-state index in [-0.39, 0.29) is 0 Å². The van der Waals surface area contributed by atoms with Crippen molar-refractivity contribution in [3.63, 3.8) is 0 Å². The minimum atomic E-state index is -0.493. The number of hydrogen-bond donors (Lipinski definition) is 1. The number of fused-ring (bicyclic) bond motifs is 3. The number of nitrogens with two attached hydrogens (primary N) is 1. The Morgan fingerprint density at radius 1 is 1.00 bits per heavy atom. The lowest BCUT2D eigenvalue weighted by atomic mass is 9.99. The molecule has 0 fully saturated rings. The quantitative estimate of drug-likeness (QED) is 0.877. The lowest BCUT2D eigenvalue weighted by Gasteiger charge is -2.34. The molecule has 2 aromatic rings. The van der Waals surface area contributed by atoms with Gasteiger partial charge < -0.3 is 10.6 Å². The fraction of sp³-hybridized carbons (Fsp3) is 0.222. The molecule has 2 aliphatic heterocycles. The molecule has 0 radical (unpaired) electrons. The van der Waals surface area contributed by atoms with Crippen molar-refractivity contribution in [1.29, 1.82) is 0 Å². The smallest absolute Gasteiger partial charge is 0.127 e. The van der Waals surface area contributed by atoms with Crippen LogP contribution < -0.4 is 10.6 Å². The van der Waals surface area contributed by atoms with Crippen molar-refractivity contribution in [3.8, 4) is 0 Å². The van der Waals surface area contributed by atoms with Crippen LogP contribution in [0, 0.1) is 0 Å². The summed E-state index contributed by atoms with van der Waals surface area (Å²) in [7, 11) is 0. The molecule has 2 aliphatic rings. The molecular weight excluding hydrogens is 272 g/mol. The minimum absolute atomic E-state index is 0.493. The molecule has 0 aliphatic carbocycles. The van der Waals surface area contributed by atoms with Crippen molar-refractivity contribution in [1.82, 2.24) is 0 Å². The lowest BCUT2D eigenvalue weighted by Crippen LogP contribution is -2.55. The Balaban J connectivity index is 1.93. The van der Waals surface area contributed by atoms with Crippen molar-refractivity contribution >= 4 is 17.2 Å². The number of nitrogens with zero attached hydrogens (tertiary/aromatic N) is 3. The molecule has 0 saturated carbocycles. The largest absolute Gasteiger partial charge is 0.308 e. The van der Waals surface area contributed by atoms with E-state index in [0.717, 1.165) is 28.4 Å². The summed E-state index contributed by atoms with van der Waals surface area (Å²) in [5, 5.41) is 0. The van der Waals surface area contributed by atoms with Gasteiger partial charge in [-0.3, -0.25) is 9.98 Å². The van der Waals surface area contributed by atoms with Gasteiger partial charge >= 0.3 is 0 Å². The van der Waals surface area contributed by atoms with Crippen molar-refractivity contribution in [2.45, 2.75) is 12.6 Å². The maximum absolute atomic E-state index is 6.46. The number of benzene rings is 2. The lowest BCUT2D eigenvalue weighted by molar-refractivity contribution is 0.526. The van der Waals surface area contributed by atoms with Gasteiger partial charge in [0, 0.05) is 11.1 Å². The van der Waals surface area contributed by atoms with Gasteiger partial charge in [-0.15, -0.1) is 0 Å². The Labute approximate surface area is 130 Å². The molecular formula is C18H18N4. The Kier molecular flexibility index (Phi) is 2.87. The van der Waals surface area contributed by atoms with Crippen LogP contribution in [0.25, 0.3) is 0 Å². The van der Waals surface area contributed by atoms with E-state index < -0.39 is 5.66 Å². The van der Waals surface area contributed by atoms with E-state index in [1.165, 1.54) is 0 Å². The van der Waals surface area contributed by atoms with Crippen LogP contribution in [0.15, 0.2) is 64.6 Å². The third-order valence-corrected chi connectivity index (χ3v) is 4.18. The molecule has 4 rings (SSSR count). The van der Waals surface area contributed by atoms with Crippen LogP contribution in [0.4, 0.5) is 5.69 Å². The van der Waals surface area contributed by atoms with Crippen LogP contribution in [0.3, 0.4) is 0 Å². The van der Waals surface area contributed by atoms with Crippen LogP contribution >= 0.6 is 0 Å². The van der Waals surface area contributed by atoms with Gasteiger partial charge in [0.15, 0.2) is 0 Å². The highest BCUT2D eigenvalue weighted by molar-refractivity contribution is 6.20. The van der Waals surface area contributed by atoms with Gasteiger partial charge in [0.2, 0.25) is 0 Å². The number of rotatable bonds is 1. The molecule has 2 N–H and O–H groups in total. The molecule has 0 saturated heterocycles. The summed E-state index contributed by atoms with van der Waals surface area (Å²) in [6.45, 7) is 3.19. The summed E-state index contributed by atoms with van der Waals surface area (Å²) in [5.41, 5.74) is 10.3. The topological polar surface area (TPSA) is 54.0 Å². The van der Waals surface area contributed by atoms with Gasteiger partial charge in [-0.1, -0.05) is 48.5 Å². The number of hydrogen-bond acceptors (Lipinski definition) is 4. The van der Waals surface area contributed by atoms with Gasteiger partial charge in [0.05, 0.1) is 24.5 Å². The van der Waals surface area contributed by atoms with Gasteiger partial charge in [-0.2, -0.15) is 0 Å². The second-order valence-electron chi connectivity index (χ2n) is 5.97. The first-order valence-corrected chi connectivity index (χ1v) is 7.48. The zero-order chi connectivity index (χ0) is 15.2. The molecule has 0 bridgehead atoms. The first kappa shape index (κ1) is 13.2. The molecule has 110 valence electrons. The Bertz CT molecular complexity index is 775. The van der Waals surface area contributed by atoms with E-state index in [4.69, 9.17) is 10.7 Å². The predicted octanol–water partition coefficient (Wildman–Crippen LogP) is 2.43. The van der Waals surface area contributed by atoms with E-state index in [9.17, 15) is 0 Å². The number of anilines is 1. The number of amidine groups is 1. The average molecular weight is 290 g/mol. The average Bonchev–Trinajstić information content (AvgIpc) is 2.74. The summed E-state index contributed by atoms with van der Waals surface area (Å²) in [6, 6.07) is 18.6. The van der Waals surface area contributed by atoms with E-state index in [0.29, 0.717) is 13.1 Å². The van der Waals surface area contributed by atoms with Crippen molar-refractivity contribution in [3.05, 3.63) is 65.7 Å². The summed E-state index contributed by atoms with van der Waals surface area (Å²) in [6.07, 6.45) is 0. The highest BCUT2D eigenvalue weighted by Gasteiger charge is 2.39. The summed E-state index contributed by atoms with van der Waals surface area (Å²) < 4.78 is 0. The van der Waals surface area contributed by atoms with E-state index in [1.54, 1.807) is 0 Å². The van der Waals surface area contributed by atoms with Crippen molar-refractivity contribution in [2.75, 3.05) is 18.0 Å². The zero-order valence-corrected chi connectivity index (χ0v) is 12.5. The molecule has 1 unspecified atom stereocenters. The van der Waals surface area contributed by atoms with E-state index >= 15 is 0 Å². The summed E-state index contributed by atoms with van der Waals surface area (Å²) >= 11 is 0. The van der Waals surface area contributed by atoms with Crippen LogP contribution in [0.2, 0.25) is 0 Å². The second-order valence-corrected chi connectivity index (χ2v) is 5.97. The fourth-order valence-corrected chi connectivity index (χ4v) is 3.17. The highest BCUT2D eigenvalue weighted by atomic mass is 15.4. The summed E-state index contributed by atoms with van der Waals surface area (Å²) in [4.78, 5) is 11.6. The van der Waals surface area contributed by atoms with Crippen LogP contribution in [-0.2, 0) is 0 Å². The molecule has 1 atom stereocenters. The van der Waals surface area contributed by atoms with Gasteiger partial charge in [-0.05, 0) is 13.0 Å². The first-order valence-electron chi connectivity index (χ1n) is 7.48. The molecule has 0 aromatic heterocycles. The highest BCUT2D eigenvalue weighted by Crippen LogP contribution is 2.33. The van der Waals surface area contributed by atoms with Crippen LogP contribution in [-0.4, -0.2) is 30.3 Å². The molecule has 2 aromatic carbocycles. The predicted molar refractivity (Wildman–Crippen MR) is 90.8 cm³/mol. The Morgan fingerprint density at radius 3 is 2.55 bits per heavy atom.